The van der Waals surface area contributed by atoms with Gasteiger partial charge in [0.1, 0.15) is 35.2 Å². The van der Waals surface area contributed by atoms with Crippen LogP contribution in [0.3, 0.4) is 0 Å². The number of nitrogens with one attached hydrogen (secondary N) is 6. The van der Waals surface area contributed by atoms with Gasteiger partial charge in [-0.15, -0.1) is 37.2 Å². The first-order valence-corrected chi connectivity index (χ1v) is 28.8. The number of ether oxygens (including phenoxy) is 2. The average Bonchev–Trinajstić information content (AvgIpc) is 1.81. The molecule has 3 saturated heterocycles. The van der Waals surface area contributed by atoms with E-state index in [4.69, 9.17) is 9.47 Å². The van der Waals surface area contributed by atoms with Crippen molar-refractivity contribution in [1.29, 1.82) is 0 Å². The zero-order chi connectivity index (χ0) is 59.4. The summed E-state index contributed by atoms with van der Waals surface area (Å²) < 4.78 is 55.2. The van der Waals surface area contributed by atoms with Crippen LogP contribution in [0.2, 0.25) is 0 Å². The number of morpholine rings is 1. The number of benzene rings is 5. The van der Waals surface area contributed by atoms with E-state index in [1.165, 1.54) is 23.1 Å². The first-order valence-electron chi connectivity index (χ1n) is 28.8. The van der Waals surface area contributed by atoms with E-state index in [1.807, 2.05) is 25.1 Å². The Hall–Kier alpha value is -6.66. The van der Waals surface area contributed by atoms with E-state index in [0.717, 1.165) is 49.0 Å². The Kier molecular flexibility index (Phi) is 23.1. The molecule has 0 spiro atoms. The van der Waals surface area contributed by atoms with E-state index in [2.05, 4.69) is 55.5 Å². The first kappa shape index (κ1) is 67.8. The molecule has 18 nitrogen and oxygen atoms in total. The molecule has 5 aromatic rings. The number of fused-ring (bicyclic) bond motifs is 2. The Morgan fingerprint density at radius 3 is 2.16 bits per heavy atom. The molecule has 10 rings (SSSR count). The lowest BCUT2D eigenvalue weighted by Crippen LogP contribution is -2.62. The number of anilines is 4. The van der Waals surface area contributed by atoms with Crippen molar-refractivity contribution in [2.24, 2.45) is 5.92 Å². The van der Waals surface area contributed by atoms with Crippen LogP contribution in [-0.4, -0.2) is 153 Å². The van der Waals surface area contributed by atoms with Crippen LogP contribution in [0.1, 0.15) is 84.8 Å². The second-order valence-electron chi connectivity index (χ2n) is 23.1. The number of carbonyl (C=O) groups is 6. The minimum absolute atomic E-state index is 0. The van der Waals surface area contributed by atoms with Crippen molar-refractivity contribution in [2.75, 3.05) is 93.6 Å². The molecule has 87 heavy (non-hydrogen) atoms. The van der Waals surface area contributed by atoms with Crippen molar-refractivity contribution in [1.82, 2.24) is 30.7 Å². The number of halogens is 6. The normalized spacial score (nSPS) is 21.8. The second-order valence-corrected chi connectivity index (χ2v) is 23.1. The molecule has 24 heteroatoms. The summed E-state index contributed by atoms with van der Waals surface area (Å²) in [5, 5.41) is 17.6. The number of hydrogen-bond donors (Lipinski definition) is 6. The lowest BCUT2D eigenvalue weighted by atomic mass is 9.83. The summed E-state index contributed by atoms with van der Waals surface area (Å²) in [5.41, 5.74) is 2.86. The summed E-state index contributed by atoms with van der Waals surface area (Å²) in [6.07, 6.45) is 1.39. The predicted molar refractivity (Wildman–Crippen MR) is 334 cm³/mol. The van der Waals surface area contributed by atoms with Crippen LogP contribution >= 0.6 is 37.2 Å². The Morgan fingerprint density at radius 1 is 0.782 bits per heavy atom. The summed E-state index contributed by atoms with van der Waals surface area (Å²) in [4.78, 5) is 93.7. The molecule has 0 aliphatic carbocycles. The zero-order valence-electron chi connectivity index (χ0n) is 49.2. The van der Waals surface area contributed by atoms with E-state index in [9.17, 15) is 33.2 Å². The summed E-state index contributed by atoms with van der Waals surface area (Å²) in [5.74, 6) is -5.70. The molecule has 0 aromatic heterocycles. The molecule has 3 unspecified atom stereocenters. The summed E-state index contributed by atoms with van der Waals surface area (Å²) in [7, 11) is 1.61. The maximum absolute atomic E-state index is 15.0. The van der Waals surface area contributed by atoms with Crippen LogP contribution in [0.5, 0.6) is 0 Å². The quantitative estimate of drug-likeness (QED) is 0.0540. The maximum atomic E-state index is 15.0. The highest BCUT2D eigenvalue weighted by Crippen LogP contribution is 2.43. The van der Waals surface area contributed by atoms with Gasteiger partial charge in [0.2, 0.25) is 23.6 Å². The van der Waals surface area contributed by atoms with Crippen molar-refractivity contribution in [3.63, 3.8) is 0 Å². The van der Waals surface area contributed by atoms with Crippen molar-refractivity contribution < 1.29 is 51.4 Å². The first-order chi connectivity index (χ1) is 40.4. The lowest BCUT2D eigenvalue weighted by Gasteiger charge is -2.43. The fourth-order valence-corrected chi connectivity index (χ4v) is 12.1. The number of hydrogen-bond acceptors (Lipinski definition) is 12. The summed E-state index contributed by atoms with van der Waals surface area (Å²) >= 11 is 0. The molecule has 7 atom stereocenters. The highest BCUT2D eigenvalue weighted by atomic mass is 35.5. The number of carbonyl (C=O) groups excluding carboxylic acids is 6. The Balaban J connectivity index is 0.00000360. The monoisotopic (exact) mass is 1260 g/mol. The largest absolute Gasteiger partial charge is 0.381 e. The van der Waals surface area contributed by atoms with E-state index in [-0.39, 0.29) is 110 Å². The summed E-state index contributed by atoms with van der Waals surface area (Å²) in [6.45, 7) is 12.8. The van der Waals surface area contributed by atoms with Gasteiger partial charge >= 0.3 is 0 Å². The number of piperazine rings is 1. The molecule has 6 N–H and O–H groups in total. The van der Waals surface area contributed by atoms with Gasteiger partial charge in [0, 0.05) is 93.2 Å². The van der Waals surface area contributed by atoms with E-state index < -0.39 is 64.5 Å². The minimum atomic E-state index is -1.44. The Labute approximate surface area is 523 Å². The van der Waals surface area contributed by atoms with Gasteiger partial charge < -0.3 is 51.2 Å². The topological polar surface area (TPSA) is 206 Å². The van der Waals surface area contributed by atoms with Gasteiger partial charge in [-0.25, -0.2) is 13.2 Å². The van der Waals surface area contributed by atoms with Crippen LogP contribution in [0.4, 0.5) is 35.9 Å². The third kappa shape index (κ3) is 15.3. The predicted octanol–water partition coefficient (Wildman–Crippen LogP) is 7.38. The Bertz CT molecular complexity index is 3270. The standard InChI is InChI=1S/C63H73F3N10O8.3ClH/c1-37-31-74(48(30-68-37)33-73-23-26-84-35-38(73)2)34-54(77)76-36-63(4,50-20-11-41(28-53(50)76)27-40-9-15-45(64)16-10-40)62(82)70-46-17-12-43(13-18-46)59(79)69-47-19-14-44-32-75(57(49(44)29-47)60(80)72-56-51(65)7-6-8-52(56)66)61(81)55(42-21-24-83-25-22-42)71-58(78)39(3)67-5;;;/h6-20,28-29,37-39,42,48,55,57,67-68H,21-27,30-36H2,1-5H3,(H,69,79)(H,70,82)(H,71,78)(H,72,80);3*1H/t37-,38-,39?,48-,55?,57+,63?;;;/m1.../s1. The molecule has 0 bridgehead atoms. The average molecular weight is 1260 g/mol. The third-order valence-corrected chi connectivity index (χ3v) is 17.2. The van der Waals surface area contributed by atoms with Crippen LogP contribution in [0.25, 0.3) is 0 Å². The van der Waals surface area contributed by atoms with E-state index in [1.54, 1.807) is 67.4 Å². The second kappa shape index (κ2) is 29.6. The van der Waals surface area contributed by atoms with Crippen molar-refractivity contribution >= 4 is 95.4 Å². The highest BCUT2D eigenvalue weighted by molar-refractivity contribution is 6.08. The fraction of sp³-hybridized carbons (Fsp3) is 0.429. The van der Waals surface area contributed by atoms with Crippen LogP contribution in [0.15, 0.2) is 103 Å². The minimum Gasteiger partial charge on any atom is -0.381 e. The fourth-order valence-electron chi connectivity index (χ4n) is 12.1. The molecular weight excluding hydrogens is 1190 g/mol. The number of nitrogens with zero attached hydrogens (tertiary/aromatic N) is 4. The molecule has 5 heterocycles. The van der Waals surface area contributed by atoms with Crippen LogP contribution in [0, 0.1) is 23.4 Å². The molecule has 0 saturated carbocycles. The van der Waals surface area contributed by atoms with E-state index >= 15 is 8.78 Å². The van der Waals surface area contributed by atoms with Gasteiger partial charge in [-0.1, -0.05) is 36.4 Å². The highest BCUT2D eigenvalue weighted by Gasteiger charge is 2.48. The van der Waals surface area contributed by atoms with Gasteiger partial charge in [0.25, 0.3) is 11.8 Å². The van der Waals surface area contributed by atoms with Gasteiger partial charge in [-0.3, -0.25) is 38.6 Å². The summed E-state index contributed by atoms with van der Waals surface area (Å²) in [6, 6.07) is 23.6. The van der Waals surface area contributed by atoms with Crippen molar-refractivity contribution in [3.8, 4) is 0 Å². The number of amides is 6. The lowest BCUT2D eigenvalue weighted by molar-refractivity contribution is -0.144. The molecule has 6 amide bonds. The molecule has 5 aliphatic rings. The molecular formula is C63H76Cl3F3N10O8. The number of likely N-dealkylation sites (N-methyl/N-ethyl adjacent to an activating group) is 1. The van der Waals surface area contributed by atoms with Gasteiger partial charge in [-0.2, -0.15) is 0 Å². The van der Waals surface area contributed by atoms with Crippen LogP contribution in [-0.2, 0) is 51.8 Å². The van der Waals surface area contributed by atoms with Gasteiger partial charge in [0.15, 0.2) is 0 Å². The molecule has 5 aromatic carbocycles. The van der Waals surface area contributed by atoms with Gasteiger partial charge in [0.05, 0.1) is 31.2 Å². The smallest absolute Gasteiger partial charge is 0.255 e. The molecule has 3 fully saturated rings. The SMILES string of the molecule is CNC(C)C(=O)NC(C(=O)N1Cc2ccc(NC(=O)c3ccc(NC(=O)C4(C)CN(C(=O)CN5C[C@@H](C)NC[C@@H]5CN5CCOC[C@H]5C)c5cc(Cc6ccc(F)cc6)ccc54)cc3)cc2[C@H]1C(=O)Nc1c(F)cccc1F)C1CCOCC1.Cl.Cl.Cl. The maximum Gasteiger partial charge on any atom is 0.255 e. The van der Waals surface area contributed by atoms with Gasteiger partial charge in [-0.05, 0) is 154 Å². The Morgan fingerprint density at radius 2 is 1.47 bits per heavy atom. The third-order valence-electron chi connectivity index (χ3n) is 17.2. The van der Waals surface area contributed by atoms with Crippen molar-refractivity contribution in [3.05, 3.63) is 154 Å². The number of para-hydroxylation sites is 1. The zero-order valence-corrected chi connectivity index (χ0v) is 51.6. The number of rotatable bonds is 17. The van der Waals surface area contributed by atoms with Crippen molar-refractivity contribution in [2.45, 2.75) is 95.2 Å². The molecule has 0 radical (unpaired) electrons. The van der Waals surface area contributed by atoms with E-state index in [0.29, 0.717) is 80.3 Å². The van der Waals surface area contributed by atoms with Crippen LogP contribution < -0.4 is 36.8 Å². The molecule has 5 aliphatic heterocycles. The molecule has 468 valence electrons.